The van der Waals surface area contributed by atoms with Crippen molar-refractivity contribution in [2.24, 2.45) is 5.10 Å². The molecular weight excluding hydrogens is 379 g/mol. The smallest absolute Gasteiger partial charge is 0.257 e. The number of aryl methyl sites for hydroxylation is 2. The number of nitrogens with zero attached hydrogens (tertiary/aromatic N) is 4. The molecule has 6 heteroatoms. The number of hydrogen-bond donors (Lipinski definition) is 0. The summed E-state index contributed by atoms with van der Waals surface area (Å²) in [7, 11) is 2.09. The monoisotopic (exact) mass is 408 g/mol. The van der Waals surface area contributed by atoms with Gasteiger partial charge in [-0.05, 0) is 32.5 Å². The molecule has 0 aromatic heterocycles. The first-order chi connectivity index (χ1) is 14.4. The molecule has 1 saturated heterocycles. The first kappa shape index (κ1) is 20.7. The molecule has 0 N–H and O–H groups in total. The maximum atomic E-state index is 14.6. The number of rotatable bonds is 4. The van der Waals surface area contributed by atoms with Crippen molar-refractivity contribution in [3.05, 3.63) is 70.5 Å². The molecule has 0 radical (unpaired) electrons. The van der Waals surface area contributed by atoms with Crippen LogP contribution in [0.5, 0.6) is 0 Å². The number of hydrazone groups is 1. The zero-order valence-corrected chi connectivity index (χ0v) is 17.9. The molecule has 30 heavy (non-hydrogen) atoms. The summed E-state index contributed by atoms with van der Waals surface area (Å²) in [5, 5.41) is 6.24. The van der Waals surface area contributed by atoms with Crippen molar-refractivity contribution >= 4 is 11.6 Å². The summed E-state index contributed by atoms with van der Waals surface area (Å²) in [6.45, 7) is 8.02. The molecule has 1 amide bonds. The van der Waals surface area contributed by atoms with E-state index in [9.17, 15) is 9.18 Å². The van der Waals surface area contributed by atoms with E-state index >= 15 is 0 Å². The summed E-state index contributed by atoms with van der Waals surface area (Å²) in [5.74, 6) is -0.371. The van der Waals surface area contributed by atoms with Gasteiger partial charge in [0.15, 0.2) is 0 Å². The normalized spacial score (nSPS) is 20.5. The molecule has 2 aliphatic heterocycles. The van der Waals surface area contributed by atoms with Gasteiger partial charge in [0.05, 0.1) is 18.3 Å². The van der Waals surface area contributed by atoms with Gasteiger partial charge in [0, 0.05) is 43.7 Å². The maximum absolute atomic E-state index is 14.6. The van der Waals surface area contributed by atoms with Crippen molar-refractivity contribution in [2.45, 2.75) is 26.3 Å². The summed E-state index contributed by atoms with van der Waals surface area (Å²) in [4.78, 5) is 17.7. The van der Waals surface area contributed by atoms with Gasteiger partial charge in [0.1, 0.15) is 5.82 Å². The second kappa shape index (κ2) is 8.66. The molecule has 5 nitrogen and oxygen atoms in total. The van der Waals surface area contributed by atoms with E-state index in [-0.39, 0.29) is 11.7 Å². The van der Waals surface area contributed by atoms with Gasteiger partial charge in [-0.25, -0.2) is 9.40 Å². The fourth-order valence-corrected chi connectivity index (χ4v) is 4.30. The molecule has 0 saturated carbocycles. The Hall–Kier alpha value is -2.57. The highest BCUT2D eigenvalue weighted by molar-refractivity contribution is 6.04. The average Bonchev–Trinajstić information content (AvgIpc) is 3.15. The Labute approximate surface area is 177 Å². The molecule has 1 fully saturated rings. The van der Waals surface area contributed by atoms with Crippen LogP contribution >= 0.6 is 0 Å². The third-order valence-corrected chi connectivity index (χ3v) is 6.08. The molecule has 158 valence electrons. The molecule has 2 heterocycles. The van der Waals surface area contributed by atoms with Crippen molar-refractivity contribution in [3.63, 3.8) is 0 Å². The highest BCUT2D eigenvalue weighted by Gasteiger charge is 2.35. The minimum Gasteiger partial charge on any atom is -0.304 e. The van der Waals surface area contributed by atoms with Crippen LogP contribution in [0.25, 0.3) is 0 Å². The molecule has 4 rings (SSSR count). The minimum atomic E-state index is -0.415. The van der Waals surface area contributed by atoms with E-state index in [2.05, 4.69) is 48.9 Å². The number of benzene rings is 2. The zero-order valence-electron chi connectivity index (χ0n) is 17.9. The fraction of sp³-hybridized carbons (Fsp3) is 0.417. The van der Waals surface area contributed by atoms with Crippen LogP contribution in [0.2, 0.25) is 0 Å². The first-order valence-electron chi connectivity index (χ1n) is 10.5. The Morgan fingerprint density at radius 1 is 1.10 bits per heavy atom. The predicted octanol–water partition coefficient (Wildman–Crippen LogP) is 3.37. The number of carbonyl (C=O) groups excluding carboxylic acids is 1. The minimum absolute atomic E-state index is 0.0763. The van der Waals surface area contributed by atoms with E-state index in [1.54, 1.807) is 12.1 Å². The Morgan fingerprint density at radius 2 is 1.83 bits per heavy atom. The van der Waals surface area contributed by atoms with E-state index in [4.69, 9.17) is 5.10 Å². The summed E-state index contributed by atoms with van der Waals surface area (Å²) in [6.07, 6.45) is 0.513. The third kappa shape index (κ3) is 4.30. The number of carbonyl (C=O) groups is 1. The van der Waals surface area contributed by atoms with Crippen molar-refractivity contribution < 1.29 is 9.18 Å². The van der Waals surface area contributed by atoms with Crippen molar-refractivity contribution in [1.29, 1.82) is 0 Å². The van der Waals surface area contributed by atoms with Gasteiger partial charge in [0.2, 0.25) is 0 Å². The molecule has 0 aliphatic carbocycles. The van der Waals surface area contributed by atoms with Crippen LogP contribution in [0.3, 0.4) is 0 Å². The second-order valence-electron chi connectivity index (χ2n) is 8.42. The highest BCUT2D eigenvalue weighted by Crippen LogP contribution is 2.35. The lowest BCUT2D eigenvalue weighted by molar-refractivity contribution is -0.134. The van der Waals surface area contributed by atoms with Crippen molar-refractivity contribution in [2.75, 3.05) is 39.8 Å². The highest BCUT2D eigenvalue weighted by atomic mass is 19.1. The lowest BCUT2D eigenvalue weighted by atomic mass is 9.95. The fourth-order valence-electron chi connectivity index (χ4n) is 4.30. The lowest BCUT2D eigenvalue weighted by Gasteiger charge is -2.33. The van der Waals surface area contributed by atoms with Gasteiger partial charge < -0.3 is 4.90 Å². The van der Waals surface area contributed by atoms with Crippen LogP contribution in [-0.4, -0.2) is 66.2 Å². The molecule has 2 aromatic carbocycles. The third-order valence-electron chi connectivity index (χ3n) is 6.08. The van der Waals surface area contributed by atoms with Crippen LogP contribution in [0.15, 0.2) is 47.6 Å². The van der Waals surface area contributed by atoms with Crippen LogP contribution < -0.4 is 0 Å². The molecule has 2 aromatic rings. The number of hydrogen-bond acceptors (Lipinski definition) is 4. The summed E-state index contributed by atoms with van der Waals surface area (Å²) in [6, 6.07) is 12.5. The van der Waals surface area contributed by atoms with Crippen LogP contribution in [0.1, 0.15) is 34.7 Å². The van der Waals surface area contributed by atoms with Crippen LogP contribution in [-0.2, 0) is 4.79 Å². The second-order valence-corrected chi connectivity index (χ2v) is 8.42. The van der Waals surface area contributed by atoms with Crippen LogP contribution in [0, 0.1) is 19.7 Å². The van der Waals surface area contributed by atoms with E-state index in [0.29, 0.717) is 18.5 Å². The lowest BCUT2D eigenvalue weighted by Crippen LogP contribution is -2.48. The molecule has 0 spiro atoms. The Kier molecular flexibility index (Phi) is 5.97. The van der Waals surface area contributed by atoms with E-state index in [0.717, 1.165) is 43.0 Å². The molecular formula is C24H29FN4O. The quantitative estimate of drug-likeness (QED) is 0.779. The van der Waals surface area contributed by atoms with Gasteiger partial charge >= 0.3 is 0 Å². The average molecular weight is 409 g/mol. The molecule has 0 bridgehead atoms. The number of likely N-dealkylation sites (N-methyl/N-ethyl adjacent to an activating group) is 1. The molecule has 2 aliphatic rings. The Bertz CT molecular complexity index is 965. The van der Waals surface area contributed by atoms with Crippen LogP contribution in [0.4, 0.5) is 4.39 Å². The Balaban J connectivity index is 1.62. The largest absolute Gasteiger partial charge is 0.304 e. The molecule has 0 unspecified atom stereocenters. The van der Waals surface area contributed by atoms with E-state index < -0.39 is 6.04 Å². The van der Waals surface area contributed by atoms with Gasteiger partial charge in [0.25, 0.3) is 5.91 Å². The SMILES string of the molecule is Cc1ccc(C2=NN(C(=O)CN3CCN(C)CC3)[C@H](c3ccccc3F)C2)c(C)c1. The number of amides is 1. The number of halogens is 1. The first-order valence-corrected chi connectivity index (χ1v) is 10.5. The Morgan fingerprint density at radius 3 is 2.53 bits per heavy atom. The van der Waals surface area contributed by atoms with Gasteiger partial charge in [-0.1, -0.05) is 42.0 Å². The topological polar surface area (TPSA) is 39.2 Å². The van der Waals surface area contributed by atoms with Gasteiger partial charge in [-0.15, -0.1) is 0 Å². The zero-order chi connectivity index (χ0) is 21.3. The predicted molar refractivity (Wildman–Crippen MR) is 117 cm³/mol. The standard InChI is InChI=1S/C24H29FN4O/c1-17-8-9-19(18(2)14-17)22-15-23(20-6-4-5-7-21(20)25)29(26-22)24(30)16-28-12-10-27(3)11-13-28/h4-9,14,23H,10-13,15-16H2,1-3H3/t23-/m0/s1. The molecule has 1 atom stereocenters. The van der Waals surface area contributed by atoms with E-state index in [1.165, 1.54) is 16.6 Å². The van der Waals surface area contributed by atoms with Crippen molar-refractivity contribution in [3.8, 4) is 0 Å². The van der Waals surface area contributed by atoms with Gasteiger partial charge in [-0.2, -0.15) is 5.10 Å². The maximum Gasteiger partial charge on any atom is 0.257 e. The number of piperazine rings is 1. The van der Waals surface area contributed by atoms with E-state index in [1.807, 2.05) is 6.07 Å². The van der Waals surface area contributed by atoms with Crippen molar-refractivity contribution in [1.82, 2.24) is 14.8 Å². The van der Waals surface area contributed by atoms with Gasteiger partial charge in [-0.3, -0.25) is 9.69 Å². The summed E-state index contributed by atoms with van der Waals surface area (Å²) < 4.78 is 14.6. The summed E-state index contributed by atoms with van der Waals surface area (Å²) in [5.41, 5.74) is 4.69. The summed E-state index contributed by atoms with van der Waals surface area (Å²) >= 11 is 0.